The van der Waals surface area contributed by atoms with Gasteiger partial charge >= 0.3 is 6.09 Å². The van der Waals surface area contributed by atoms with E-state index in [4.69, 9.17) is 13.9 Å². The first-order chi connectivity index (χ1) is 15.8. The Bertz CT molecular complexity index is 1070. The second-order valence-electron chi connectivity index (χ2n) is 8.71. The van der Waals surface area contributed by atoms with Gasteiger partial charge in [-0.05, 0) is 44.9 Å². The average Bonchev–Trinajstić information content (AvgIpc) is 3.14. The van der Waals surface area contributed by atoms with Crippen LogP contribution in [0.25, 0.3) is 11.0 Å². The Morgan fingerprint density at radius 1 is 1.15 bits per heavy atom. The van der Waals surface area contributed by atoms with Crippen LogP contribution in [0.1, 0.15) is 48.9 Å². The van der Waals surface area contributed by atoms with Gasteiger partial charge in [-0.2, -0.15) is 0 Å². The van der Waals surface area contributed by atoms with Crippen LogP contribution in [0.4, 0.5) is 4.79 Å². The van der Waals surface area contributed by atoms with Gasteiger partial charge in [0.25, 0.3) is 5.91 Å². The van der Waals surface area contributed by atoms with E-state index >= 15 is 0 Å². The maximum absolute atomic E-state index is 12.8. The molecule has 0 fully saturated rings. The minimum absolute atomic E-state index is 0.248. The van der Waals surface area contributed by atoms with E-state index in [9.17, 15) is 9.59 Å². The normalized spacial score (nSPS) is 11.4. The van der Waals surface area contributed by atoms with Crippen molar-refractivity contribution in [2.45, 2.75) is 45.9 Å². The Balaban J connectivity index is 1.62. The first kappa shape index (κ1) is 24.3. The summed E-state index contributed by atoms with van der Waals surface area (Å²) in [6.07, 6.45) is 3.55. The number of carbonyl (C=O) groups is 2. The van der Waals surface area contributed by atoms with Gasteiger partial charge in [-0.1, -0.05) is 24.3 Å². The number of nitrogens with zero attached hydrogens (tertiary/aromatic N) is 2. The van der Waals surface area contributed by atoms with Crippen LogP contribution < -0.4 is 5.32 Å². The molecular weight excluding hydrogens is 422 g/mol. The summed E-state index contributed by atoms with van der Waals surface area (Å²) in [7, 11) is 1.58. The number of pyridine rings is 1. The average molecular weight is 454 g/mol. The lowest BCUT2D eigenvalue weighted by atomic mass is 10.1. The van der Waals surface area contributed by atoms with Crippen molar-refractivity contribution in [1.82, 2.24) is 15.2 Å². The number of hydrogen-bond acceptors (Lipinski definition) is 6. The Morgan fingerprint density at radius 2 is 1.94 bits per heavy atom. The zero-order valence-electron chi connectivity index (χ0n) is 19.6. The van der Waals surface area contributed by atoms with Crippen LogP contribution in [0, 0.1) is 0 Å². The molecule has 2 aromatic heterocycles. The molecule has 0 aliphatic carbocycles. The molecular formula is C25H31N3O5. The van der Waals surface area contributed by atoms with Gasteiger partial charge in [-0.15, -0.1) is 0 Å². The lowest BCUT2D eigenvalue weighted by molar-refractivity contribution is 0.0232. The fourth-order valence-corrected chi connectivity index (χ4v) is 3.40. The van der Waals surface area contributed by atoms with Crippen molar-refractivity contribution in [2.75, 3.05) is 20.2 Å². The maximum Gasteiger partial charge on any atom is 0.410 e. The van der Waals surface area contributed by atoms with E-state index in [2.05, 4.69) is 10.3 Å². The Labute approximate surface area is 193 Å². The van der Waals surface area contributed by atoms with Crippen molar-refractivity contribution < 1.29 is 23.5 Å². The molecule has 8 heteroatoms. The van der Waals surface area contributed by atoms with E-state index < -0.39 is 11.7 Å². The van der Waals surface area contributed by atoms with E-state index in [1.54, 1.807) is 24.4 Å². The smallest absolute Gasteiger partial charge is 0.410 e. The summed E-state index contributed by atoms with van der Waals surface area (Å²) in [5, 5.41) is 3.74. The van der Waals surface area contributed by atoms with E-state index in [0.717, 1.165) is 16.5 Å². The van der Waals surface area contributed by atoms with Crippen LogP contribution in [0.15, 0.2) is 53.2 Å². The van der Waals surface area contributed by atoms with Crippen LogP contribution in [0.5, 0.6) is 0 Å². The number of rotatable bonds is 9. The van der Waals surface area contributed by atoms with Crippen molar-refractivity contribution in [1.29, 1.82) is 0 Å². The number of benzene rings is 1. The van der Waals surface area contributed by atoms with Crippen LogP contribution in [0.2, 0.25) is 0 Å². The van der Waals surface area contributed by atoms with Gasteiger partial charge in [0, 0.05) is 43.5 Å². The second-order valence-corrected chi connectivity index (χ2v) is 8.71. The van der Waals surface area contributed by atoms with Gasteiger partial charge in [-0.3, -0.25) is 9.78 Å². The summed E-state index contributed by atoms with van der Waals surface area (Å²) >= 11 is 0. The topological polar surface area (TPSA) is 93.9 Å². The van der Waals surface area contributed by atoms with Gasteiger partial charge in [0.1, 0.15) is 11.2 Å². The first-order valence-electron chi connectivity index (χ1n) is 10.9. The number of carbonyl (C=O) groups excluding carboxylic acids is 2. The molecule has 0 aliphatic heterocycles. The predicted octanol–water partition coefficient (Wildman–Crippen LogP) is 4.53. The molecule has 0 saturated heterocycles. The lowest BCUT2D eigenvalue weighted by Gasteiger charge is -2.27. The highest BCUT2D eigenvalue weighted by Crippen LogP contribution is 2.26. The van der Waals surface area contributed by atoms with E-state index in [1.807, 2.05) is 57.2 Å². The third kappa shape index (κ3) is 6.79. The van der Waals surface area contributed by atoms with E-state index in [-0.39, 0.29) is 18.3 Å². The molecule has 176 valence electrons. The molecule has 1 aromatic carbocycles. The molecule has 0 aliphatic rings. The van der Waals surface area contributed by atoms with Gasteiger partial charge < -0.3 is 24.1 Å². The van der Waals surface area contributed by atoms with Crippen LogP contribution in [0.3, 0.4) is 0 Å². The maximum atomic E-state index is 12.8. The molecule has 33 heavy (non-hydrogen) atoms. The SMILES string of the molecule is COCc1c(C(=O)NCCCN(Cc2cccnc2)C(=O)OC(C)(C)C)oc2ccccc12. The molecule has 0 atom stereocenters. The van der Waals surface area contributed by atoms with Gasteiger partial charge in [0.2, 0.25) is 0 Å². The fraction of sp³-hybridized carbons (Fsp3) is 0.400. The fourth-order valence-electron chi connectivity index (χ4n) is 3.40. The third-order valence-corrected chi connectivity index (χ3v) is 4.83. The Morgan fingerprint density at radius 3 is 2.64 bits per heavy atom. The number of nitrogens with one attached hydrogen (secondary N) is 1. The van der Waals surface area contributed by atoms with Gasteiger partial charge in [0.05, 0.1) is 13.2 Å². The number of amides is 2. The standard InChI is InChI=1S/C25H31N3O5/c1-25(2,3)33-24(30)28(16-18-9-7-12-26-15-18)14-8-13-27-23(29)22-20(17-31-4)19-10-5-6-11-21(19)32-22/h5-7,9-12,15H,8,13-14,16-17H2,1-4H3,(H,27,29). The zero-order valence-corrected chi connectivity index (χ0v) is 19.6. The van der Waals surface area contributed by atoms with Gasteiger partial charge in [0.15, 0.2) is 5.76 Å². The molecule has 2 heterocycles. The molecule has 0 unspecified atom stereocenters. The minimum Gasteiger partial charge on any atom is -0.451 e. The molecule has 3 rings (SSSR count). The van der Waals surface area contributed by atoms with Crippen LogP contribution in [-0.2, 0) is 22.6 Å². The highest BCUT2D eigenvalue weighted by Gasteiger charge is 2.23. The summed E-state index contributed by atoms with van der Waals surface area (Å²) in [4.78, 5) is 31.2. The summed E-state index contributed by atoms with van der Waals surface area (Å²) in [5.41, 5.74) is 1.66. The van der Waals surface area contributed by atoms with Crippen LogP contribution >= 0.6 is 0 Å². The monoisotopic (exact) mass is 453 g/mol. The highest BCUT2D eigenvalue weighted by atomic mass is 16.6. The second kappa shape index (κ2) is 11.0. The third-order valence-electron chi connectivity index (χ3n) is 4.83. The minimum atomic E-state index is -0.600. The quantitative estimate of drug-likeness (QED) is 0.479. The van der Waals surface area contributed by atoms with Crippen LogP contribution in [-0.4, -0.2) is 47.7 Å². The van der Waals surface area contributed by atoms with Crippen molar-refractivity contribution in [3.63, 3.8) is 0 Å². The number of methoxy groups -OCH3 is 1. The van der Waals surface area contributed by atoms with Crippen molar-refractivity contribution in [2.24, 2.45) is 0 Å². The molecule has 2 amide bonds. The van der Waals surface area contributed by atoms with Crippen molar-refractivity contribution in [3.05, 3.63) is 65.7 Å². The van der Waals surface area contributed by atoms with Gasteiger partial charge in [-0.25, -0.2) is 4.79 Å². The number of aromatic nitrogens is 1. The molecule has 0 saturated carbocycles. The highest BCUT2D eigenvalue weighted by molar-refractivity contribution is 5.99. The summed E-state index contributed by atoms with van der Waals surface area (Å²) in [6, 6.07) is 11.2. The number of hydrogen-bond donors (Lipinski definition) is 1. The molecule has 8 nitrogen and oxygen atoms in total. The van der Waals surface area contributed by atoms with E-state index in [0.29, 0.717) is 31.6 Å². The Hall–Kier alpha value is -3.39. The lowest BCUT2D eigenvalue weighted by Crippen LogP contribution is -2.38. The largest absolute Gasteiger partial charge is 0.451 e. The number of para-hydroxylation sites is 1. The number of furan rings is 1. The van der Waals surface area contributed by atoms with Crippen molar-refractivity contribution in [3.8, 4) is 0 Å². The number of ether oxygens (including phenoxy) is 2. The summed E-state index contributed by atoms with van der Waals surface area (Å²) in [5.74, 6) is -0.0632. The summed E-state index contributed by atoms with van der Waals surface area (Å²) in [6.45, 7) is 6.92. The molecule has 0 bridgehead atoms. The van der Waals surface area contributed by atoms with E-state index in [1.165, 1.54) is 0 Å². The zero-order chi connectivity index (χ0) is 23.8. The molecule has 1 N–H and O–H groups in total. The molecule has 3 aromatic rings. The predicted molar refractivity (Wildman–Crippen MR) is 125 cm³/mol. The van der Waals surface area contributed by atoms with Crippen molar-refractivity contribution >= 4 is 23.0 Å². The first-order valence-corrected chi connectivity index (χ1v) is 10.9. The Kier molecular flexibility index (Phi) is 8.06. The molecule has 0 radical (unpaired) electrons. The summed E-state index contributed by atoms with van der Waals surface area (Å²) < 4.78 is 16.6. The molecule has 0 spiro atoms. The number of fused-ring (bicyclic) bond motifs is 1.